The summed E-state index contributed by atoms with van der Waals surface area (Å²) in [7, 11) is 0. The lowest BCUT2D eigenvalue weighted by Crippen LogP contribution is -2.49. The standard InChI is InChI=1S/C12H21F2N3O/c13-12(14)5-6-17(7-12)11(18)10(16)8-1-3-9(15)4-2-8/h8-10H,1-7,15-16H2/t8-,9-,10?. The number of nitrogens with two attached hydrogens (primary N) is 2. The third-order valence-electron chi connectivity index (χ3n) is 4.09. The topological polar surface area (TPSA) is 72.4 Å². The van der Waals surface area contributed by atoms with Gasteiger partial charge in [-0.15, -0.1) is 0 Å². The molecule has 0 radical (unpaired) electrons. The van der Waals surface area contributed by atoms with E-state index in [1.54, 1.807) is 0 Å². The number of hydrogen-bond acceptors (Lipinski definition) is 3. The lowest BCUT2D eigenvalue weighted by molar-refractivity contribution is -0.134. The highest BCUT2D eigenvalue weighted by Gasteiger charge is 2.42. The molecule has 0 aromatic rings. The molecule has 1 atom stereocenters. The molecule has 18 heavy (non-hydrogen) atoms. The lowest BCUT2D eigenvalue weighted by atomic mass is 9.81. The first-order valence-electron chi connectivity index (χ1n) is 6.57. The Morgan fingerprint density at radius 2 is 1.89 bits per heavy atom. The number of rotatable bonds is 2. The number of hydrogen-bond donors (Lipinski definition) is 2. The first-order valence-corrected chi connectivity index (χ1v) is 6.57. The van der Waals surface area contributed by atoms with Crippen LogP contribution in [0.2, 0.25) is 0 Å². The Hall–Kier alpha value is -0.750. The summed E-state index contributed by atoms with van der Waals surface area (Å²) in [5.74, 6) is -2.98. The van der Waals surface area contributed by atoms with E-state index >= 15 is 0 Å². The van der Waals surface area contributed by atoms with Gasteiger partial charge >= 0.3 is 0 Å². The van der Waals surface area contributed by atoms with E-state index in [-0.39, 0.29) is 30.8 Å². The Kier molecular flexibility index (Phi) is 3.87. The minimum atomic E-state index is -2.75. The van der Waals surface area contributed by atoms with Crippen LogP contribution in [0, 0.1) is 5.92 Å². The number of likely N-dealkylation sites (tertiary alicyclic amines) is 1. The summed E-state index contributed by atoms with van der Waals surface area (Å²) in [4.78, 5) is 13.3. The molecule has 1 aliphatic heterocycles. The highest BCUT2D eigenvalue weighted by atomic mass is 19.3. The van der Waals surface area contributed by atoms with Gasteiger partial charge in [0, 0.05) is 19.0 Å². The van der Waals surface area contributed by atoms with Crippen molar-refractivity contribution in [1.82, 2.24) is 4.90 Å². The van der Waals surface area contributed by atoms with Crippen molar-refractivity contribution in [3.63, 3.8) is 0 Å². The number of amides is 1. The van der Waals surface area contributed by atoms with Gasteiger partial charge in [0.05, 0.1) is 12.6 Å². The van der Waals surface area contributed by atoms with Crippen molar-refractivity contribution >= 4 is 5.91 Å². The normalized spacial score (nSPS) is 33.4. The zero-order chi connectivity index (χ0) is 13.3. The second-order valence-electron chi connectivity index (χ2n) is 5.57. The molecule has 0 aromatic heterocycles. The van der Waals surface area contributed by atoms with Crippen LogP contribution in [-0.2, 0) is 4.79 Å². The molecular formula is C12H21F2N3O. The molecule has 104 valence electrons. The van der Waals surface area contributed by atoms with Gasteiger partial charge in [-0.05, 0) is 31.6 Å². The molecule has 2 aliphatic rings. The molecule has 1 heterocycles. The molecule has 1 saturated heterocycles. The fourth-order valence-electron chi connectivity index (χ4n) is 2.84. The van der Waals surface area contributed by atoms with Gasteiger partial charge in [-0.25, -0.2) is 8.78 Å². The van der Waals surface area contributed by atoms with Gasteiger partial charge in [0.15, 0.2) is 0 Å². The smallest absolute Gasteiger partial charge is 0.267 e. The van der Waals surface area contributed by atoms with Crippen molar-refractivity contribution in [3.8, 4) is 0 Å². The number of halogens is 2. The molecule has 2 fully saturated rings. The third-order valence-corrected chi connectivity index (χ3v) is 4.09. The Labute approximate surface area is 106 Å². The van der Waals surface area contributed by atoms with E-state index in [9.17, 15) is 13.6 Å². The fourth-order valence-corrected chi connectivity index (χ4v) is 2.84. The summed E-state index contributed by atoms with van der Waals surface area (Å²) in [5.41, 5.74) is 11.7. The third kappa shape index (κ3) is 2.98. The van der Waals surface area contributed by atoms with Crippen LogP contribution in [0.25, 0.3) is 0 Å². The summed E-state index contributed by atoms with van der Waals surface area (Å²) < 4.78 is 26.1. The molecule has 1 saturated carbocycles. The molecule has 0 bridgehead atoms. The SMILES string of the molecule is NC(C(=O)N1CCC(F)(F)C1)[C@H]1CC[C@H](N)CC1. The van der Waals surface area contributed by atoms with Crippen LogP contribution in [-0.4, -0.2) is 41.9 Å². The van der Waals surface area contributed by atoms with Crippen LogP contribution < -0.4 is 11.5 Å². The molecule has 0 aromatic carbocycles. The lowest BCUT2D eigenvalue weighted by Gasteiger charge is -2.31. The minimum absolute atomic E-state index is 0.0894. The van der Waals surface area contributed by atoms with Crippen molar-refractivity contribution in [2.75, 3.05) is 13.1 Å². The van der Waals surface area contributed by atoms with Crippen molar-refractivity contribution in [3.05, 3.63) is 0 Å². The average molecular weight is 261 g/mol. The molecular weight excluding hydrogens is 240 g/mol. The van der Waals surface area contributed by atoms with Crippen LogP contribution in [0.1, 0.15) is 32.1 Å². The number of alkyl halides is 2. The van der Waals surface area contributed by atoms with Crippen molar-refractivity contribution in [2.24, 2.45) is 17.4 Å². The Morgan fingerprint density at radius 1 is 1.28 bits per heavy atom. The zero-order valence-electron chi connectivity index (χ0n) is 10.4. The van der Waals surface area contributed by atoms with Crippen LogP contribution >= 0.6 is 0 Å². The Bertz CT molecular complexity index is 316. The predicted molar refractivity (Wildman–Crippen MR) is 64.1 cm³/mol. The molecule has 2 rings (SSSR count). The average Bonchev–Trinajstić information content (AvgIpc) is 2.69. The van der Waals surface area contributed by atoms with Crippen LogP contribution in [0.5, 0.6) is 0 Å². The van der Waals surface area contributed by atoms with Gasteiger partial charge in [0.25, 0.3) is 5.92 Å². The van der Waals surface area contributed by atoms with Gasteiger partial charge in [-0.1, -0.05) is 0 Å². The van der Waals surface area contributed by atoms with E-state index in [1.807, 2.05) is 0 Å². The molecule has 1 amide bonds. The Morgan fingerprint density at radius 3 is 2.39 bits per heavy atom. The summed E-state index contributed by atoms with van der Waals surface area (Å²) >= 11 is 0. The highest BCUT2D eigenvalue weighted by molar-refractivity contribution is 5.82. The first-order chi connectivity index (χ1) is 8.39. The number of nitrogens with zero attached hydrogens (tertiary/aromatic N) is 1. The molecule has 6 heteroatoms. The van der Waals surface area contributed by atoms with Gasteiger partial charge in [-0.2, -0.15) is 0 Å². The minimum Gasteiger partial charge on any atom is -0.335 e. The monoisotopic (exact) mass is 261 g/mol. The van der Waals surface area contributed by atoms with E-state index in [1.165, 1.54) is 4.90 Å². The predicted octanol–water partition coefficient (Wildman–Crippen LogP) is 0.699. The van der Waals surface area contributed by atoms with Gasteiger partial charge in [0.2, 0.25) is 5.91 Å². The maximum Gasteiger partial charge on any atom is 0.267 e. The van der Waals surface area contributed by atoms with Crippen LogP contribution in [0.15, 0.2) is 0 Å². The number of carbonyl (C=O) groups is 1. The van der Waals surface area contributed by atoms with Crippen molar-refractivity contribution < 1.29 is 13.6 Å². The van der Waals surface area contributed by atoms with Crippen LogP contribution in [0.3, 0.4) is 0 Å². The summed E-state index contributed by atoms with van der Waals surface area (Å²) in [5, 5.41) is 0. The second-order valence-corrected chi connectivity index (χ2v) is 5.57. The molecule has 4 N–H and O–H groups in total. The van der Waals surface area contributed by atoms with Crippen molar-refractivity contribution in [2.45, 2.75) is 50.1 Å². The second kappa shape index (κ2) is 5.09. The maximum atomic E-state index is 13.1. The number of carbonyl (C=O) groups excluding carboxylic acids is 1. The van der Waals surface area contributed by atoms with E-state index < -0.39 is 18.5 Å². The highest BCUT2D eigenvalue weighted by Crippen LogP contribution is 2.30. The first kappa shape index (κ1) is 13.7. The fraction of sp³-hybridized carbons (Fsp3) is 0.917. The van der Waals surface area contributed by atoms with E-state index in [2.05, 4.69) is 0 Å². The van der Waals surface area contributed by atoms with Gasteiger partial charge < -0.3 is 16.4 Å². The van der Waals surface area contributed by atoms with E-state index in [0.717, 1.165) is 25.7 Å². The van der Waals surface area contributed by atoms with Crippen LogP contribution in [0.4, 0.5) is 8.78 Å². The zero-order valence-corrected chi connectivity index (χ0v) is 10.4. The molecule has 1 unspecified atom stereocenters. The molecule has 4 nitrogen and oxygen atoms in total. The largest absolute Gasteiger partial charge is 0.335 e. The quantitative estimate of drug-likeness (QED) is 0.768. The van der Waals surface area contributed by atoms with Crippen molar-refractivity contribution in [1.29, 1.82) is 0 Å². The summed E-state index contributed by atoms with van der Waals surface area (Å²) in [6, 6.07) is -0.453. The van der Waals surface area contributed by atoms with Gasteiger partial charge in [-0.3, -0.25) is 4.79 Å². The van der Waals surface area contributed by atoms with E-state index in [0.29, 0.717) is 0 Å². The maximum absolute atomic E-state index is 13.1. The summed E-state index contributed by atoms with van der Waals surface area (Å²) in [6.07, 6.45) is 3.11. The molecule has 1 aliphatic carbocycles. The van der Waals surface area contributed by atoms with E-state index in [4.69, 9.17) is 11.5 Å². The Balaban J connectivity index is 1.89. The van der Waals surface area contributed by atoms with Gasteiger partial charge in [0.1, 0.15) is 0 Å². The molecule has 0 spiro atoms. The summed E-state index contributed by atoms with van der Waals surface area (Å²) in [6.45, 7) is -0.364.